The van der Waals surface area contributed by atoms with E-state index < -0.39 is 0 Å². The maximum atomic E-state index is 14.5. The molecule has 26 heavy (non-hydrogen) atoms. The van der Waals surface area contributed by atoms with E-state index in [1.54, 1.807) is 6.92 Å². The smallest absolute Gasteiger partial charge is 0.170 e. The van der Waals surface area contributed by atoms with Crippen molar-refractivity contribution < 1.29 is 9.13 Å². The lowest BCUT2D eigenvalue weighted by atomic mass is 10.1. The lowest BCUT2D eigenvalue weighted by Crippen LogP contribution is -2.37. The first-order valence-corrected chi connectivity index (χ1v) is 9.83. The first-order chi connectivity index (χ1) is 12.6. The largest absolute Gasteiger partial charge is 0.379 e. The summed E-state index contributed by atoms with van der Waals surface area (Å²) in [5, 5.41) is 0.790. The van der Waals surface area contributed by atoms with Crippen molar-refractivity contribution in [3.8, 4) is 0 Å². The van der Waals surface area contributed by atoms with Crippen LogP contribution >= 0.6 is 0 Å². The second-order valence-corrected chi connectivity index (χ2v) is 6.09. The van der Waals surface area contributed by atoms with Crippen LogP contribution in [0.25, 0.3) is 10.9 Å². The van der Waals surface area contributed by atoms with Crippen LogP contribution in [0.2, 0.25) is 0 Å². The first-order valence-electron chi connectivity index (χ1n) is 9.83. The minimum absolute atomic E-state index is 0.276. The van der Waals surface area contributed by atoms with E-state index in [4.69, 9.17) is 4.74 Å². The van der Waals surface area contributed by atoms with Crippen molar-refractivity contribution in [1.82, 2.24) is 15.0 Å². The summed E-state index contributed by atoms with van der Waals surface area (Å²) in [6, 6.07) is 0.276. The summed E-state index contributed by atoms with van der Waals surface area (Å²) in [6.07, 6.45) is 2.71. The summed E-state index contributed by atoms with van der Waals surface area (Å²) < 4.78 is 20.3. The van der Waals surface area contributed by atoms with Gasteiger partial charge in [-0.15, -0.1) is 0 Å². The molecule has 0 spiro atoms. The summed E-state index contributed by atoms with van der Waals surface area (Å²) in [5.74, 6) is 1.11. The highest BCUT2D eigenvalue weighted by Gasteiger charge is 2.30. The van der Waals surface area contributed by atoms with Gasteiger partial charge >= 0.3 is 0 Å². The van der Waals surface area contributed by atoms with Gasteiger partial charge in [-0.2, -0.15) is 0 Å². The molecule has 1 fully saturated rings. The van der Waals surface area contributed by atoms with Crippen molar-refractivity contribution >= 4 is 16.7 Å². The lowest BCUT2D eigenvalue weighted by molar-refractivity contribution is 0.132. The molecule has 0 amide bonds. The maximum Gasteiger partial charge on any atom is 0.170 e. The molecule has 0 saturated carbocycles. The van der Waals surface area contributed by atoms with Crippen molar-refractivity contribution in [1.29, 1.82) is 0 Å². The number of hydrogen-bond donors (Lipinski definition) is 0. The van der Waals surface area contributed by atoms with Crippen LogP contribution in [0, 0.1) is 19.7 Å². The quantitative estimate of drug-likeness (QED) is 0.696. The van der Waals surface area contributed by atoms with Crippen molar-refractivity contribution in [3.05, 3.63) is 23.0 Å². The van der Waals surface area contributed by atoms with Crippen LogP contribution in [0.5, 0.6) is 0 Å². The van der Waals surface area contributed by atoms with E-state index in [9.17, 15) is 4.39 Å². The molecule has 0 aromatic carbocycles. The molecule has 0 radical (unpaired) electrons. The van der Waals surface area contributed by atoms with Gasteiger partial charge in [0.05, 0.1) is 29.4 Å². The molecule has 6 heteroatoms. The highest BCUT2D eigenvalue weighted by atomic mass is 19.1. The third-order valence-electron chi connectivity index (χ3n) is 4.54. The van der Waals surface area contributed by atoms with Crippen LogP contribution in [-0.2, 0) is 11.2 Å². The third-order valence-corrected chi connectivity index (χ3v) is 4.54. The number of aryl methyl sites for hydroxylation is 3. The second-order valence-electron chi connectivity index (χ2n) is 6.09. The summed E-state index contributed by atoms with van der Waals surface area (Å²) in [4.78, 5) is 15.8. The van der Waals surface area contributed by atoms with Gasteiger partial charge in [0.25, 0.3) is 0 Å². The van der Waals surface area contributed by atoms with Gasteiger partial charge in [0.2, 0.25) is 0 Å². The second kappa shape index (κ2) is 9.21. The summed E-state index contributed by atoms with van der Waals surface area (Å²) in [6.45, 7) is 13.9. The normalized spacial score (nSPS) is 18.6. The minimum atomic E-state index is -0.324. The Bertz CT molecular complexity index is 750. The van der Waals surface area contributed by atoms with Crippen LogP contribution in [0.15, 0.2) is 0 Å². The number of pyridine rings is 1. The fourth-order valence-corrected chi connectivity index (χ4v) is 3.50. The lowest BCUT2D eigenvalue weighted by Gasteiger charge is -2.29. The fraction of sp³-hybridized carbons (Fsp3) is 0.650. The molecule has 1 saturated heterocycles. The van der Waals surface area contributed by atoms with Crippen molar-refractivity contribution in [2.45, 2.75) is 66.8 Å². The Hall–Kier alpha value is -1.82. The van der Waals surface area contributed by atoms with Crippen molar-refractivity contribution in [3.63, 3.8) is 0 Å². The molecule has 2 aliphatic heterocycles. The molecular formula is C20H31FN4O. The Morgan fingerprint density at radius 2 is 1.81 bits per heavy atom. The molecule has 2 aromatic heterocycles. The highest BCUT2D eigenvalue weighted by molar-refractivity contribution is 5.93. The van der Waals surface area contributed by atoms with E-state index in [0.717, 1.165) is 49.3 Å². The zero-order valence-corrected chi connectivity index (χ0v) is 16.9. The fourth-order valence-electron chi connectivity index (χ4n) is 3.50. The van der Waals surface area contributed by atoms with Crippen molar-refractivity contribution in [2.75, 3.05) is 24.7 Å². The van der Waals surface area contributed by atoms with Crippen molar-refractivity contribution in [2.24, 2.45) is 0 Å². The van der Waals surface area contributed by atoms with Gasteiger partial charge in [0.15, 0.2) is 5.82 Å². The van der Waals surface area contributed by atoms with Gasteiger partial charge < -0.3 is 9.64 Å². The van der Waals surface area contributed by atoms with Crippen LogP contribution in [0.1, 0.15) is 57.7 Å². The number of hydrogen-bond acceptors (Lipinski definition) is 5. The molecule has 4 rings (SSSR count). The number of rotatable bonds is 0. The van der Waals surface area contributed by atoms with Gasteiger partial charge in [0.1, 0.15) is 17.2 Å². The van der Waals surface area contributed by atoms with Crippen LogP contribution in [0.4, 0.5) is 10.2 Å². The Kier molecular flexibility index (Phi) is 7.26. The van der Waals surface area contributed by atoms with E-state index in [1.807, 2.05) is 34.6 Å². The average Bonchev–Trinajstić information content (AvgIpc) is 2.98. The highest BCUT2D eigenvalue weighted by Crippen LogP contribution is 2.35. The molecule has 144 valence electrons. The number of fused-ring (bicyclic) bond motifs is 2. The average molecular weight is 362 g/mol. The zero-order chi connectivity index (χ0) is 19.3. The molecule has 2 aromatic rings. The molecule has 2 aliphatic rings. The van der Waals surface area contributed by atoms with E-state index in [1.165, 1.54) is 0 Å². The Morgan fingerprint density at radius 3 is 2.54 bits per heavy atom. The molecule has 4 heterocycles. The Morgan fingerprint density at radius 1 is 1.08 bits per heavy atom. The number of halogens is 1. The van der Waals surface area contributed by atoms with Gasteiger partial charge in [-0.1, -0.05) is 27.7 Å². The number of anilines is 1. The number of aromatic nitrogens is 3. The van der Waals surface area contributed by atoms with E-state index in [-0.39, 0.29) is 11.9 Å². The van der Waals surface area contributed by atoms with Gasteiger partial charge in [0, 0.05) is 13.2 Å². The summed E-state index contributed by atoms with van der Waals surface area (Å²) in [7, 11) is 0. The number of nitrogens with zero attached hydrogens (tertiary/aromatic N) is 4. The monoisotopic (exact) mass is 362 g/mol. The van der Waals surface area contributed by atoms with Crippen LogP contribution in [-0.4, -0.2) is 40.8 Å². The van der Waals surface area contributed by atoms with Gasteiger partial charge in [-0.25, -0.2) is 14.4 Å². The van der Waals surface area contributed by atoms with Crippen LogP contribution < -0.4 is 4.90 Å². The molecule has 1 unspecified atom stereocenters. The van der Waals surface area contributed by atoms with E-state index in [2.05, 4.69) is 19.9 Å². The Balaban J connectivity index is 0.000000570. The third kappa shape index (κ3) is 3.80. The topological polar surface area (TPSA) is 51.1 Å². The molecular weight excluding hydrogens is 331 g/mol. The minimum Gasteiger partial charge on any atom is -0.379 e. The summed E-state index contributed by atoms with van der Waals surface area (Å²) >= 11 is 0. The molecule has 0 aliphatic carbocycles. The maximum absolute atomic E-state index is 14.5. The molecule has 5 nitrogen and oxygen atoms in total. The molecule has 0 bridgehead atoms. The van der Waals surface area contributed by atoms with E-state index in [0.29, 0.717) is 23.6 Å². The van der Waals surface area contributed by atoms with E-state index >= 15 is 0 Å². The summed E-state index contributed by atoms with van der Waals surface area (Å²) in [5.41, 5.74) is 1.74. The standard InChI is InChI=1S/C16H19FN4O.2C2H6/c1-9-14(17)15-13-12(18-9)5-4-11-8-22-7-3-6-21(11)16(13)20-10(2)19-15;2*1-2/h11H,3-8H2,1-2H3;2*1-2H3. The molecule has 0 N–H and O–H groups in total. The van der Waals surface area contributed by atoms with Crippen LogP contribution in [0.3, 0.4) is 0 Å². The zero-order valence-electron chi connectivity index (χ0n) is 16.9. The van der Waals surface area contributed by atoms with Gasteiger partial charge in [-0.3, -0.25) is 4.98 Å². The predicted molar refractivity (Wildman–Crippen MR) is 104 cm³/mol. The molecule has 1 atom stereocenters. The predicted octanol–water partition coefficient (Wildman–Crippen LogP) is 4.37. The SMILES string of the molecule is CC.CC.Cc1nc2c3c(nc(C)c(F)c3n1)CCC1COCCCN21. The van der Waals surface area contributed by atoms with Gasteiger partial charge in [-0.05, 0) is 33.1 Å². The number of ether oxygens (including phenoxy) is 1. The Labute approximate surface area is 156 Å². The first kappa shape index (κ1) is 20.5.